The molecule has 0 fully saturated rings. The number of nitrogens with one attached hydrogen (secondary N) is 1. The van der Waals surface area contributed by atoms with E-state index in [2.05, 4.69) is 17.5 Å². The standard InChI is InChI=1S/C12H21NO2/c1-2-15-10-6-9-13-12(14)11-7-4-3-5-8-11/h3-4,11H,2,5-10H2,1H3,(H,13,14). The van der Waals surface area contributed by atoms with Gasteiger partial charge in [-0.3, -0.25) is 4.79 Å². The van der Waals surface area contributed by atoms with Gasteiger partial charge in [-0.15, -0.1) is 0 Å². The summed E-state index contributed by atoms with van der Waals surface area (Å²) in [5.74, 6) is 0.401. The predicted molar refractivity (Wildman–Crippen MR) is 60.6 cm³/mol. The quantitative estimate of drug-likeness (QED) is 0.538. The van der Waals surface area contributed by atoms with E-state index in [1.54, 1.807) is 0 Å². The molecule has 0 radical (unpaired) electrons. The summed E-state index contributed by atoms with van der Waals surface area (Å²) in [6.07, 6.45) is 8.09. The zero-order valence-corrected chi connectivity index (χ0v) is 9.50. The number of rotatable bonds is 6. The molecule has 0 bridgehead atoms. The summed E-state index contributed by atoms with van der Waals surface area (Å²) in [7, 11) is 0. The van der Waals surface area contributed by atoms with E-state index in [0.29, 0.717) is 0 Å². The molecule has 3 nitrogen and oxygen atoms in total. The fraction of sp³-hybridized carbons (Fsp3) is 0.750. The third-order valence-electron chi connectivity index (χ3n) is 2.61. The van der Waals surface area contributed by atoms with Crippen LogP contribution in [0.4, 0.5) is 0 Å². The lowest BCUT2D eigenvalue weighted by atomic mass is 9.94. The van der Waals surface area contributed by atoms with Crippen molar-refractivity contribution in [3.8, 4) is 0 Å². The summed E-state index contributed by atoms with van der Waals surface area (Å²) >= 11 is 0. The highest BCUT2D eigenvalue weighted by Crippen LogP contribution is 2.17. The molecule has 0 saturated heterocycles. The molecule has 1 aliphatic carbocycles. The Hall–Kier alpha value is -0.830. The van der Waals surface area contributed by atoms with Crippen LogP contribution < -0.4 is 5.32 Å². The van der Waals surface area contributed by atoms with Gasteiger partial charge in [0, 0.05) is 25.7 Å². The number of hydrogen-bond donors (Lipinski definition) is 1. The van der Waals surface area contributed by atoms with Crippen LogP contribution in [-0.2, 0) is 9.53 Å². The van der Waals surface area contributed by atoms with Crippen LogP contribution in [0.15, 0.2) is 12.2 Å². The summed E-state index contributed by atoms with van der Waals surface area (Å²) in [5.41, 5.74) is 0. The van der Waals surface area contributed by atoms with Crippen molar-refractivity contribution in [2.45, 2.75) is 32.6 Å². The molecule has 0 aliphatic heterocycles. The van der Waals surface area contributed by atoms with Crippen molar-refractivity contribution in [2.75, 3.05) is 19.8 Å². The van der Waals surface area contributed by atoms with E-state index in [-0.39, 0.29) is 11.8 Å². The van der Waals surface area contributed by atoms with Crippen molar-refractivity contribution >= 4 is 5.91 Å². The van der Waals surface area contributed by atoms with Crippen molar-refractivity contribution in [2.24, 2.45) is 5.92 Å². The van der Waals surface area contributed by atoms with E-state index in [4.69, 9.17) is 4.74 Å². The fourth-order valence-electron chi connectivity index (χ4n) is 1.71. The van der Waals surface area contributed by atoms with E-state index < -0.39 is 0 Å². The maximum Gasteiger partial charge on any atom is 0.223 e. The number of carbonyl (C=O) groups excluding carboxylic acids is 1. The van der Waals surface area contributed by atoms with Gasteiger partial charge in [-0.2, -0.15) is 0 Å². The predicted octanol–water partition coefficient (Wildman–Crippen LogP) is 1.89. The molecular weight excluding hydrogens is 190 g/mol. The van der Waals surface area contributed by atoms with Crippen LogP contribution in [0, 0.1) is 5.92 Å². The van der Waals surface area contributed by atoms with E-state index in [1.165, 1.54) is 0 Å². The highest BCUT2D eigenvalue weighted by molar-refractivity contribution is 5.78. The minimum absolute atomic E-state index is 0.196. The number of allylic oxidation sites excluding steroid dienone is 2. The Morgan fingerprint density at radius 2 is 2.40 bits per heavy atom. The smallest absolute Gasteiger partial charge is 0.223 e. The molecule has 0 aromatic heterocycles. The molecule has 15 heavy (non-hydrogen) atoms. The Balaban J connectivity index is 2.05. The molecule has 0 spiro atoms. The van der Waals surface area contributed by atoms with Crippen molar-refractivity contribution in [3.05, 3.63) is 12.2 Å². The van der Waals surface area contributed by atoms with Crippen LogP contribution in [-0.4, -0.2) is 25.7 Å². The van der Waals surface area contributed by atoms with Gasteiger partial charge in [0.2, 0.25) is 5.91 Å². The lowest BCUT2D eigenvalue weighted by Gasteiger charge is -2.17. The molecule has 1 amide bonds. The number of hydrogen-bond acceptors (Lipinski definition) is 2. The monoisotopic (exact) mass is 211 g/mol. The first-order valence-corrected chi connectivity index (χ1v) is 5.85. The van der Waals surface area contributed by atoms with Crippen LogP contribution >= 0.6 is 0 Å². The lowest BCUT2D eigenvalue weighted by molar-refractivity contribution is -0.125. The molecular formula is C12H21NO2. The Bertz CT molecular complexity index is 214. The normalized spacial score (nSPS) is 20.2. The highest BCUT2D eigenvalue weighted by atomic mass is 16.5. The molecule has 86 valence electrons. The molecule has 3 heteroatoms. The van der Waals surface area contributed by atoms with Crippen molar-refractivity contribution in [1.29, 1.82) is 0 Å². The molecule has 0 aromatic carbocycles. The third-order valence-corrected chi connectivity index (χ3v) is 2.61. The number of amides is 1. The van der Waals surface area contributed by atoms with E-state index in [0.717, 1.165) is 45.4 Å². The maximum absolute atomic E-state index is 11.6. The molecule has 1 atom stereocenters. The largest absolute Gasteiger partial charge is 0.382 e. The minimum Gasteiger partial charge on any atom is -0.382 e. The molecule has 0 saturated carbocycles. The SMILES string of the molecule is CCOCCCNC(=O)C1CC=CCC1. The highest BCUT2D eigenvalue weighted by Gasteiger charge is 2.17. The van der Waals surface area contributed by atoms with Crippen molar-refractivity contribution in [3.63, 3.8) is 0 Å². The zero-order chi connectivity index (χ0) is 10.9. The van der Waals surface area contributed by atoms with Gasteiger partial charge in [0.1, 0.15) is 0 Å². The van der Waals surface area contributed by atoms with Gasteiger partial charge in [-0.1, -0.05) is 12.2 Å². The lowest BCUT2D eigenvalue weighted by Crippen LogP contribution is -2.32. The minimum atomic E-state index is 0.196. The van der Waals surface area contributed by atoms with Crippen molar-refractivity contribution < 1.29 is 9.53 Å². The van der Waals surface area contributed by atoms with Gasteiger partial charge in [0.15, 0.2) is 0 Å². The fourth-order valence-corrected chi connectivity index (χ4v) is 1.71. The summed E-state index contributed by atoms with van der Waals surface area (Å²) in [4.78, 5) is 11.6. The summed E-state index contributed by atoms with van der Waals surface area (Å²) in [6, 6.07) is 0. The maximum atomic E-state index is 11.6. The third kappa shape index (κ3) is 4.98. The first kappa shape index (κ1) is 12.2. The topological polar surface area (TPSA) is 38.3 Å². The van der Waals surface area contributed by atoms with E-state index in [9.17, 15) is 4.79 Å². The second kappa shape index (κ2) is 7.46. The summed E-state index contributed by atoms with van der Waals surface area (Å²) in [6.45, 7) is 4.20. The first-order valence-electron chi connectivity index (χ1n) is 5.85. The molecule has 1 rings (SSSR count). The van der Waals surface area contributed by atoms with Gasteiger partial charge in [0.05, 0.1) is 0 Å². The van der Waals surface area contributed by atoms with E-state index >= 15 is 0 Å². The number of carbonyl (C=O) groups is 1. The average Bonchev–Trinajstić information content (AvgIpc) is 2.30. The van der Waals surface area contributed by atoms with Crippen molar-refractivity contribution in [1.82, 2.24) is 5.32 Å². The summed E-state index contributed by atoms with van der Waals surface area (Å²) < 4.78 is 5.20. The van der Waals surface area contributed by atoms with Crippen LogP contribution in [0.1, 0.15) is 32.6 Å². The Labute approximate surface area is 91.9 Å². The van der Waals surface area contributed by atoms with Crippen LogP contribution in [0.3, 0.4) is 0 Å². The molecule has 0 heterocycles. The molecule has 1 unspecified atom stereocenters. The van der Waals surface area contributed by atoms with E-state index in [1.807, 2.05) is 6.92 Å². The van der Waals surface area contributed by atoms with Gasteiger partial charge in [-0.05, 0) is 32.6 Å². The van der Waals surface area contributed by atoms with Gasteiger partial charge < -0.3 is 10.1 Å². The second-order valence-electron chi connectivity index (χ2n) is 3.82. The average molecular weight is 211 g/mol. The van der Waals surface area contributed by atoms with Gasteiger partial charge in [0.25, 0.3) is 0 Å². The first-order chi connectivity index (χ1) is 7.34. The zero-order valence-electron chi connectivity index (χ0n) is 9.50. The molecule has 0 aromatic rings. The molecule has 1 aliphatic rings. The molecule has 1 N–H and O–H groups in total. The summed E-state index contributed by atoms with van der Waals surface area (Å²) in [5, 5.41) is 2.96. The number of ether oxygens (including phenoxy) is 1. The Kier molecular flexibility index (Phi) is 6.09. The van der Waals surface area contributed by atoms with Crippen LogP contribution in [0.25, 0.3) is 0 Å². The van der Waals surface area contributed by atoms with Gasteiger partial charge >= 0.3 is 0 Å². The Morgan fingerprint density at radius 3 is 3.07 bits per heavy atom. The second-order valence-corrected chi connectivity index (χ2v) is 3.82. The van der Waals surface area contributed by atoms with Gasteiger partial charge in [-0.25, -0.2) is 0 Å². The van der Waals surface area contributed by atoms with Crippen LogP contribution in [0.5, 0.6) is 0 Å². The van der Waals surface area contributed by atoms with Crippen LogP contribution in [0.2, 0.25) is 0 Å². The Morgan fingerprint density at radius 1 is 1.53 bits per heavy atom.